The first kappa shape index (κ1) is 20.2. The topological polar surface area (TPSA) is 82.1 Å². The van der Waals surface area contributed by atoms with Gasteiger partial charge in [0.1, 0.15) is 17.4 Å². The Morgan fingerprint density at radius 2 is 1.87 bits per heavy atom. The van der Waals surface area contributed by atoms with Crippen LogP contribution in [0.15, 0.2) is 29.8 Å². The molecule has 0 unspecified atom stereocenters. The van der Waals surface area contributed by atoms with Gasteiger partial charge in [-0.25, -0.2) is 0 Å². The molecule has 0 N–H and O–H groups in total. The molecule has 7 heteroatoms. The quantitative estimate of drug-likeness (QED) is 0.545. The molecule has 4 aliphatic rings. The largest absolute Gasteiger partial charge is 0.466 e. The van der Waals surface area contributed by atoms with Crippen molar-refractivity contribution >= 4 is 23.5 Å². The van der Waals surface area contributed by atoms with E-state index in [1.807, 2.05) is 38.1 Å². The van der Waals surface area contributed by atoms with Crippen LogP contribution in [0, 0.1) is 11.3 Å². The van der Waals surface area contributed by atoms with Gasteiger partial charge in [-0.15, -0.1) is 0 Å². The monoisotopic (exact) mass is 425 g/mol. The zero-order valence-electron chi connectivity index (χ0n) is 18.4. The number of carbonyl (C=O) groups is 3. The molecule has 31 heavy (non-hydrogen) atoms. The van der Waals surface area contributed by atoms with Gasteiger partial charge in [0.2, 0.25) is 5.91 Å². The molecule has 5 atom stereocenters. The predicted molar refractivity (Wildman–Crippen MR) is 112 cm³/mol. The van der Waals surface area contributed by atoms with Crippen LogP contribution in [-0.4, -0.2) is 50.3 Å². The number of likely N-dealkylation sites (N-methyl/N-ethyl adjacent to an activating group) is 1. The lowest BCUT2D eigenvalue weighted by molar-refractivity contribution is -0.162. The Kier molecular flexibility index (Phi) is 4.19. The molecule has 7 nitrogen and oxygen atoms in total. The van der Waals surface area contributed by atoms with Crippen molar-refractivity contribution in [3.05, 3.63) is 41.0 Å². The van der Waals surface area contributed by atoms with E-state index in [1.165, 1.54) is 0 Å². The van der Waals surface area contributed by atoms with Gasteiger partial charge in [-0.1, -0.05) is 32.1 Å². The molecule has 2 bridgehead atoms. The van der Waals surface area contributed by atoms with E-state index < -0.39 is 46.8 Å². The van der Waals surface area contributed by atoms with Crippen LogP contribution in [-0.2, 0) is 34.0 Å². The summed E-state index contributed by atoms with van der Waals surface area (Å²) in [5, 5.41) is 0. The zero-order chi connectivity index (χ0) is 22.3. The zero-order valence-corrected chi connectivity index (χ0v) is 18.4. The number of carbonyl (C=O) groups excluding carboxylic acids is 3. The van der Waals surface area contributed by atoms with Gasteiger partial charge in [0, 0.05) is 18.2 Å². The minimum Gasteiger partial charge on any atom is -0.466 e. The highest BCUT2D eigenvalue weighted by atomic mass is 16.6. The molecule has 0 aromatic heterocycles. The molecule has 1 saturated heterocycles. The molecule has 5 rings (SSSR count). The number of esters is 2. The highest BCUT2D eigenvalue weighted by molar-refractivity contribution is 6.08. The van der Waals surface area contributed by atoms with Crippen LogP contribution in [0.4, 0.5) is 5.69 Å². The standard InChI is InChI=1S/C24H27NO6/c1-6-29-21(27)17-15-11-13-19(31-15)24(17,22(28)30-7-2)12-9-8-10-14-16(12)18(23(13,3)4)20(26)25(14)5/h8-11,15,17-19H,6-7H2,1-5H3/t15-,17+,18-,19+,24-/m0/s1. The average Bonchev–Trinajstić information content (AvgIpc) is 3.37. The van der Waals surface area contributed by atoms with Crippen molar-refractivity contribution in [3.8, 4) is 0 Å². The molecule has 1 fully saturated rings. The summed E-state index contributed by atoms with van der Waals surface area (Å²) in [6.07, 6.45) is 0.641. The summed E-state index contributed by atoms with van der Waals surface area (Å²) in [4.78, 5) is 42.1. The minimum atomic E-state index is -1.39. The molecule has 0 saturated carbocycles. The molecule has 3 aliphatic heterocycles. The van der Waals surface area contributed by atoms with E-state index in [9.17, 15) is 14.4 Å². The fraction of sp³-hybridized carbons (Fsp3) is 0.542. The molecule has 0 radical (unpaired) electrons. The molecular weight excluding hydrogens is 398 g/mol. The fourth-order valence-corrected chi connectivity index (χ4v) is 6.27. The number of rotatable bonds is 4. The van der Waals surface area contributed by atoms with Crippen molar-refractivity contribution in [3.63, 3.8) is 0 Å². The third-order valence-corrected chi connectivity index (χ3v) is 7.53. The van der Waals surface area contributed by atoms with E-state index in [-0.39, 0.29) is 19.1 Å². The van der Waals surface area contributed by atoms with Gasteiger partial charge in [0.05, 0.1) is 25.2 Å². The summed E-state index contributed by atoms with van der Waals surface area (Å²) in [7, 11) is 1.75. The lowest BCUT2D eigenvalue weighted by Gasteiger charge is -2.40. The predicted octanol–water partition coefficient (Wildman–Crippen LogP) is 2.47. The average molecular weight is 425 g/mol. The number of nitrogens with zero attached hydrogens (tertiary/aromatic N) is 1. The lowest BCUT2D eigenvalue weighted by atomic mass is 9.60. The Morgan fingerprint density at radius 3 is 2.55 bits per heavy atom. The second-order valence-corrected chi connectivity index (χ2v) is 9.21. The molecule has 1 amide bonds. The Hall–Kier alpha value is -2.67. The summed E-state index contributed by atoms with van der Waals surface area (Å²) in [5.74, 6) is -2.35. The van der Waals surface area contributed by atoms with Crippen molar-refractivity contribution in [1.82, 2.24) is 0 Å². The van der Waals surface area contributed by atoms with E-state index in [4.69, 9.17) is 14.2 Å². The summed E-state index contributed by atoms with van der Waals surface area (Å²) in [5.41, 5.74) is 1.09. The number of benzene rings is 1. The van der Waals surface area contributed by atoms with E-state index in [2.05, 4.69) is 0 Å². The van der Waals surface area contributed by atoms with Gasteiger partial charge in [-0.3, -0.25) is 14.4 Å². The maximum atomic E-state index is 13.8. The molecule has 164 valence electrons. The normalized spacial score (nSPS) is 33.6. The number of ether oxygens (including phenoxy) is 3. The SMILES string of the molecule is CCOC(=O)[C@H]1[C@@H]2C=C3[C@@H](O2)[C@]1(C(=O)OCC)c1cccc2c1[C@@H](C(=O)N2C)C3(C)C. The van der Waals surface area contributed by atoms with Crippen molar-refractivity contribution in [2.24, 2.45) is 11.3 Å². The van der Waals surface area contributed by atoms with Crippen LogP contribution in [0.25, 0.3) is 0 Å². The second kappa shape index (κ2) is 6.42. The minimum absolute atomic E-state index is 0.0233. The fourth-order valence-electron chi connectivity index (χ4n) is 6.27. The molecular formula is C24H27NO6. The summed E-state index contributed by atoms with van der Waals surface area (Å²) < 4.78 is 17.3. The highest BCUT2D eigenvalue weighted by Crippen LogP contribution is 2.66. The van der Waals surface area contributed by atoms with E-state index >= 15 is 0 Å². The molecule has 1 aromatic carbocycles. The number of anilines is 1. The first-order chi connectivity index (χ1) is 14.7. The van der Waals surface area contributed by atoms with E-state index in [0.717, 1.165) is 16.8 Å². The summed E-state index contributed by atoms with van der Waals surface area (Å²) in [6, 6.07) is 5.57. The highest BCUT2D eigenvalue weighted by Gasteiger charge is 2.74. The molecule has 0 spiro atoms. The summed E-state index contributed by atoms with van der Waals surface area (Å²) in [6.45, 7) is 7.90. The molecule has 1 aromatic rings. The van der Waals surface area contributed by atoms with Crippen LogP contribution in [0.3, 0.4) is 0 Å². The van der Waals surface area contributed by atoms with Gasteiger partial charge in [0.15, 0.2) is 0 Å². The Balaban J connectivity index is 1.89. The number of hydrogen-bond donors (Lipinski definition) is 0. The van der Waals surface area contributed by atoms with Crippen LogP contribution >= 0.6 is 0 Å². The van der Waals surface area contributed by atoms with Gasteiger partial charge in [0.25, 0.3) is 0 Å². The van der Waals surface area contributed by atoms with Crippen molar-refractivity contribution in [2.75, 3.05) is 25.2 Å². The first-order valence-corrected chi connectivity index (χ1v) is 10.8. The smallest absolute Gasteiger partial charge is 0.320 e. The maximum absolute atomic E-state index is 13.8. The van der Waals surface area contributed by atoms with Crippen molar-refractivity contribution in [1.29, 1.82) is 0 Å². The molecule has 3 heterocycles. The van der Waals surface area contributed by atoms with Crippen LogP contribution < -0.4 is 4.90 Å². The van der Waals surface area contributed by atoms with Crippen molar-refractivity contribution < 1.29 is 28.6 Å². The lowest BCUT2D eigenvalue weighted by Crippen LogP contribution is -2.55. The second-order valence-electron chi connectivity index (χ2n) is 9.21. The number of fused-ring (bicyclic) bond motifs is 2. The third kappa shape index (κ3) is 2.20. The van der Waals surface area contributed by atoms with Crippen LogP contribution in [0.1, 0.15) is 44.7 Å². The Labute approximate surface area is 181 Å². The molecule has 1 aliphatic carbocycles. The van der Waals surface area contributed by atoms with Gasteiger partial charge < -0.3 is 19.1 Å². The van der Waals surface area contributed by atoms with E-state index in [1.54, 1.807) is 25.8 Å². The number of amides is 1. The van der Waals surface area contributed by atoms with Gasteiger partial charge in [-0.2, -0.15) is 0 Å². The van der Waals surface area contributed by atoms with E-state index in [0.29, 0.717) is 5.56 Å². The Morgan fingerprint density at radius 1 is 1.16 bits per heavy atom. The summed E-state index contributed by atoms with van der Waals surface area (Å²) >= 11 is 0. The van der Waals surface area contributed by atoms with Crippen LogP contribution in [0.2, 0.25) is 0 Å². The maximum Gasteiger partial charge on any atom is 0.320 e. The number of hydrogen-bond acceptors (Lipinski definition) is 6. The van der Waals surface area contributed by atoms with Crippen LogP contribution in [0.5, 0.6) is 0 Å². The van der Waals surface area contributed by atoms with Gasteiger partial charge >= 0.3 is 11.9 Å². The Bertz CT molecular complexity index is 1040. The first-order valence-electron chi connectivity index (χ1n) is 10.8. The third-order valence-electron chi connectivity index (χ3n) is 7.53. The van der Waals surface area contributed by atoms with Crippen molar-refractivity contribution in [2.45, 2.75) is 51.2 Å². The van der Waals surface area contributed by atoms with Gasteiger partial charge in [-0.05, 0) is 36.6 Å².